The van der Waals surface area contributed by atoms with Crippen molar-refractivity contribution in [3.63, 3.8) is 0 Å². The molecular formula is C16H23NO2. The van der Waals surface area contributed by atoms with Crippen molar-refractivity contribution in [3.05, 3.63) is 35.9 Å². The van der Waals surface area contributed by atoms with Gasteiger partial charge >= 0.3 is 5.97 Å². The molecule has 0 radical (unpaired) electrons. The van der Waals surface area contributed by atoms with E-state index in [0.717, 1.165) is 25.3 Å². The molecule has 1 aromatic rings. The Morgan fingerprint density at radius 3 is 2.42 bits per heavy atom. The minimum absolute atomic E-state index is 0.147. The fourth-order valence-corrected chi connectivity index (χ4v) is 2.91. The van der Waals surface area contributed by atoms with Crippen molar-refractivity contribution in [2.24, 2.45) is 5.92 Å². The summed E-state index contributed by atoms with van der Waals surface area (Å²) in [6.45, 7) is 3.18. The number of benzene rings is 1. The Morgan fingerprint density at radius 2 is 1.84 bits per heavy atom. The van der Waals surface area contributed by atoms with Crippen LogP contribution in [0.4, 0.5) is 0 Å². The van der Waals surface area contributed by atoms with Gasteiger partial charge in [0.05, 0.1) is 6.54 Å². The first-order valence-corrected chi connectivity index (χ1v) is 7.15. The van der Waals surface area contributed by atoms with Crippen molar-refractivity contribution in [2.45, 2.75) is 45.2 Å². The molecule has 104 valence electrons. The standard InChI is InChI=1S/C16H23NO2/c1-13-7-9-15(10-8-13)17(12-16(18)19)11-14-5-3-2-4-6-14/h2-6,13,15H,7-12H2,1H3,(H,18,19). The Bertz CT molecular complexity index is 396. The van der Waals surface area contributed by atoms with Crippen LogP contribution < -0.4 is 0 Å². The highest BCUT2D eigenvalue weighted by Gasteiger charge is 2.25. The van der Waals surface area contributed by atoms with Crippen LogP contribution in [0.25, 0.3) is 0 Å². The topological polar surface area (TPSA) is 40.5 Å². The van der Waals surface area contributed by atoms with Gasteiger partial charge in [-0.3, -0.25) is 9.69 Å². The molecule has 0 unspecified atom stereocenters. The third-order valence-electron chi connectivity index (χ3n) is 4.07. The molecule has 1 N–H and O–H groups in total. The summed E-state index contributed by atoms with van der Waals surface area (Å²) in [6, 6.07) is 10.6. The zero-order valence-electron chi connectivity index (χ0n) is 11.6. The lowest BCUT2D eigenvalue weighted by atomic mass is 9.86. The molecule has 0 aliphatic heterocycles. The maximum atomic E-state index is 11.1. The molecular weight excluding hydrogens is 238 g/mol. The van der Waals surface area contributed by atoms with Crippen molar-refractivity contribution < 1.29 is 9.90 Å². The summed E-state index contributed by atoms with van der Waals surface area (Å²) < 4.78 is 0. The lowest BCUT2D eigenvalue weighted by molar-refractivity contribution is -0.139. The van der Waals surface area contributed by atoms with E-state index in [4.69, 9.17) is 5.11 Å². The van der Waals surface area contributed by atoms with Crippen LogP contribution in [-0.4, -0.2) is 28.6 Å². The summed E-state index contributed by atoms with van der Waals surface area (Å²) in [4.78, 5) is 13.2. The summed E-state index contributed by atoms with van der Waals surface area (Å²) in [5.41, 5.74) is 1.20. The van der Waals surface area contributed by atoms with Crippen LogP contribution in [0.3, 0.4) is 0 Å². The van der Waals surface area contributed by atoms with Crippen molar-refractivity contribution in [3.8, 4) is 0 Å². The molecule has 3 heteroatoms. The maximum absolute atomic E-state index is 11.1. The summed E-state index contributed by atoms with van der Waals surface area (Å²) in [5, 5.41) is 9.10. The molecule has 0 atom stereocenters. The van der Waals surface area contributed by atoms with Gasteiger partial charge in [0.2, 0.25) is 0 Å². The van der Waals surface area contributed by atoms with Gasteiger partial charge < -0.3 is 5.11 Å². The molecule has 3 nitrogen and oxygen atoms in total. The van der Waals surface area contributed by atoms with E-state index < -0.39 is 5.97 Å². The third-order valence-corrected chi connectivity index (χ3v) is 4.07. The van der Waals surface area contributed by atoms with Gasteiger partial charge in [-0.05, 0) is 37.2 Å². The fraction of sp³-hybridized carbons (Fsp3) is 0.562. The summed E-state index contributed by atoms with van der Waals surface area (Å²) >= 11 is 0. The first-order chi connectivity index (χ1) is 9.15. The van der Waals surface area contributed by atoms with Crippen molar-refractivity contribution in [1.29, 1.82) is 0 Å². The zero-order valence-corrected chi connectivity index (χ0v) is 11.6. The Balaban J connectivity index is 2.01. The SMILES string of the molecule is CC1CCC(N(CC(=O)O)Cc2ccccc2)CC1. The van der Waals surface area contributed by atoms with Crippen molar-refractivity contribution in [2.75, 3.05) is 6.54 Å². The van der Waals surface area contributed by atoms with Crippen LogP contribution in [0, 0.1) is 5.92 Å². The molecule has 0 amide bonds. The van der Waals surface area contributed by atoms with E-state index in [9.17, 15) is 4.79 Å². The monoisotopic (exact) mass is 261 g/mol. The molecule has 1 saturated carbocycles. The van der Waals surface area contributed by atoms with E-state index in [2.05, 4.69) is 24.0 Å². The molecule has 2 rings (SSSR count). The number of hydrogen-bond donors (Lipinski definition) is 1. The van der Waals surface area contributed by atoms with E-state index in [1.165, 1.54) is 18.4 Å². The molecule has 0 bridgehead atoms. The second-order valence-electron chi connectivity index (χ2n) is 5.70. The largest absolute Gasteiger partial charge is 0.480 e. The molecule has 19 heavy (non-hydrogen) atoms. The predicted octanol–water partition coefficient (Wildman–Crippen LogP) is 3.15. The number of carboxylic acids is 1. The van der Waals surface area contributed by atoms with Crippen molar-refractivity contribution >= 4 is 5.97 Å². The van der Waals surface area contributed by atoms with Gasteiger partial charge in [0.15, 0.2) is 0 Å². The van der Waals surface area contributed by atoms with Gasteiger partial charge in [0, 0.05) is 12.6 Å². The Kier molecular flexibility index (Phi) is 4.97. The van der Waals surface area contributed by atoms with E-state index in [-0.39, 0.29) is 6.54 Å². The van der Waals surface area contributed by atoms with Gasteiger partial charge in [0.1, 0.15) is 0 Å². The average Bonchev–Trinajstić information content (AvgIpc) is 2.39. The van der Waals surface area contributed by atoms with Gasteiger partial charge in [0.25, 0.3) is 0 Å². The smallest absolute Gasteiger partial charge is 0.317 e. The number of aliphatic carboxylic acids is 1. The van der Waals surface area contributed by atoms with Gasteiger partial charge in [-0.25, -0.2) is 0 Å². The van der Waals surface area contributed by atoms with Crippen LogP contribution in [0.5, 0.6) is 0 Å². The summed E-state index contributed by atoms with van der Waals surface area (Å²) in [7, 11) is 0. The highest BCUT2D eigenvalue weighted by molar-refractivity contribution is 5.69. The molecule has 1 aliphatic rings. The minimum atomic E-state index is -0.727. The number of hydrogen-bond acceptors (Lipinski definition) is 2. The molecule has 0 aromatic heterocycles. The lowest BCUT2D eigenvalue weighted by Gasteiger charge is -2.35. The van der Waals surface area contributed by atoms with E-state index in [1.807, 2.05) is 18.2 Å². The fourth-order valence-electron chi connectivity index (χ4n) is 2.91. The van der Waals surface area contributed by atoms with E-state index in [1.54, 1.807) is 0 Å². The first kappa shape index (κ1) is 14.1. The highest BCUT2D eigenvalue weighted by atomic mass is 16.4. The highest BCUT2D eigenvalue weighted by Crippen LogP contribution is 2.27. The van der Waals surface area contributed by atoms with E-state index >= 15 is 0 Å². The molecule has 0 spiro atoms. The maximum Gasteiger partial charge on any atom is 0.317 e. The molecule has 0 saturated heterocycles. The Morgan fingerprint density at radius 1 is 1.21 bits per heavy atom. The first-order valence-electron chi connectivity index (χ1n) is 7.15. The molecule has 1 fully saturated rings. The Labute approximate surface area is 115 Å². The van der Waals surface area contributed by atoms with Crippen LogP contribution >= 0.6 is 0 Å². The number of carboxylic acid groups (broad SMARTS) is 1. The van der Waals surface area contributed by atoms with Crippen LogP contribution in [0.1, 0.15) is 38.2 Å². The summed E-state index contributed by atoms with van der Waals surface area (Å²) in [6.07, 6.45) is 4.69. The molecule has 1 aromatic carbocycles. The van der Waals surface area contributed by atoms with Crippen LogP contribution in [0.2, 0.25) is 0 Å². The number of nitrogens with zero attached hydrogens (tertiary/aromatic N) is 1. The van der Waals surface area contributed by atoms with Gasteiger partial charge in [-0.1, -0.05) is 37.3 Å². The molecule has 1 aliphatic carbocycles. The number of rotatable bonds is 5. The third kappa shape index (κ3) is 4.35. The second kappa shape index (κ2) is 6.71. The van der Waals surface area contributed by atoms with Gasteiger partial charge in [-0.2, -0.15) is 0 Å². The van der Waals surface area contributed by atoms with Crippen LogP contribution in [0.15, 0.2) is 30.3 Å². The average molecular weight is 261 g/mol. The van der Waals surface area contributed by atoms with Crippen LogP contribution in [-0.2, 0) is 11.3 Å². The quantitative estimate of drug-likeness (QED) is 0.885. The second-order valence-corrected chi connectivity index (χ2v) is 5.70. The summed E-state index contributed by atoms with van der Waals surface area (Å²) in [5.74, 6) is 0.0641. The van der Waals surface area contributed by atoms with Gasteiger partial charge in [-0.15, -0.1) is 0 Å². The number of carbonyl (C=O) groups is 1. The van der Waals surface area contributed by atoms with E-state index in [0.29, 0.717) is 6.04 Å². The Hall–Kier alpha value is -1.35. The molecule has 0 heterocycles. The lowest BCUT2D eigenvalue weighted by Crippen LogP contribution is -2.40. The normalized spacial score (nSPS) is 23.5. The van der Waals surface area contributed by atoms with Crippen molar-refractivity contribution in [1.82, 2.24) is 4.90 Å². The zero-order chi connectivity index (χ0) is 13.7. The predicted molar refractivity (Wildman–Crippen MR) is 75.9 cm³/mol. The minimum Gasteiger partial charge on any atom is -0.480 e.